The molecule has 162 valence electrons. The molecule has 2 N–H and O–H groups in total. The molecule has 0 radical (unpaired) electrons. The van der Waals surface area contributed by atoms with E-state index in [9.17, 15) is 14.4 Å². The number of rotatable bonds is 7. The summed E-state index contributed by atoms with van der Waals surface area (Å²) in [5.74, 6) is -0.537. The van der Waals surface area contributed by atoms with E-state index in [0.29, 0.717) is 11.4 Å². The van der Waals surface area contributed by atoms with Crippen molar-refractivity contribution in [3.8, 4) is 0 Å². The van der Waals surface area contributed by atoms with E-state index in [1.807, 2.05) is 20.2 Å². The molecule has 0 unspecified atom stereocenters. The molecule has 1 aromatic heterocycles. The van der Waals surface area contributed by atoms with Gasteiger partial charge < -0.3 is 25.0 Å². The number of aromatic nitrogens is 1. The van der Waals surface area contributed by atoms with E-state index in [-0.39, 0.29) is 30.0 Å². The Balaban J connectivity index is 1.86. The average molecular weight is 424 g/mol. The SMILES string of the molecule is CCOC(=O)C1=C(COC(=O)c2ccc(N(C)C)nc2)NC(=O)N[C@@H]1c1ccccc1. The zero-order valence-corrected chi connectivity index (χ0v) is 17.5. The van der Waals surface area contributed by atoms with Crippen LogP contribution in [0.15, 0.2) is 59.9 Å². The highest BCUT2D eigenvalue weighted by Crippen LogP contribution is 2.28. The quantitative estimate of drug-likeness (QED) is 0.656. The highest BCUT2D eigenvalue weighted by Gasteiger charge is 2.34. The number of nitrogens with one attached hydrogen (secondary N) is 2. The van der Waals surface area contributed by atoms with Crippen LogP contribution in [0.4, 0.5) is 10.6 Å². The minimum Gasteiger partial charge on any atom is -0.463 e. The number of hydrogen-bond acceptors (Lipinski definition) is 7. The zero-order valence-electron chi connectivity index (χ0n) is 17.5. The van der Waals surface area contributed by atoms with Crippen LogP contribution in [-0.4, -0.2) is 50.3 Å². The number of nitrogens with zero attached hydrogens (tertiary/aromatic N) is 2. The van der Waals surface area contributed by atoms with Crippen molar-refractivity contribution in [2.24, 2.45) is 0 Å². The standard InChI is InChI=1S/C22H24N4O5/c1-4-30-21(28)18-16(24-22(29)25-19(18)14-8-6-5-7-9-14)13-31-20(27)15-10-11-17(23-12-15)26(2)3/h5-12,19H,4,13H2,1-3H3,(H2,24,25,29)/t19-/m1/s1. The van der Waals surface area contributed by atoms with E-state index in [4.69, 9.17) is 9.47 Å². The molecule has 1 atom stereocenters. The molecule has 0 saturated carbocycles. The second kappa shape index (κ2) is 9.75. The lowest BCUT2D eigenvalue weighted by molar-refractivity contribution is -0.139. The number of benzene rings is 1. The molecule has 2 heterocycles. The zero-order chi connectivity index (χ0) is 22.4. The third-order valence-corrected chi connectivity index (χ3v) is 4.57. The Kier molecular flexibility index (Phi) is 6.86. The monoisotopic (exact) mass is 424 g/mol. The van der Waals surface area contributed by atoms with Crippen LogP contribution in [0.3, 0.4) is 0 Å². The largest absolute Gasteiger partial charge is 0.463 e. The predicted molar refractivity (Wildman–Crippen MR) is 113 cm³/mol. The average Bonchev–Trinajstić information content (AvgIpc) is 2.77. The number of ether oxygens (including phenoxy) is 2. The Morgan fingerprint density at radius 2 is 1.81 bits per heavy atom. The molecule has 31 heavy (non-hydrogen) atoms. The molecule has 2 aromatic rings. The van der Waals surface area contributed by atoms with Gasteiger partial charge in [-0.1, -0.05) is 30.3 Å². The van der Waals surface area contributed by atoms with Gasteiger partial charge in [0.2, 0.25) is 0 Å². The van der Waals surface area contributed by atoms with Crippen LogP contribution in [0.25, 0.3) is 0 Å². The lowest BCUT2D eigenvalue weighted by Crippen LogP contribution is -2.47. The van der Waals surface area contributed by atoms with Gasteiger partial charge in [-0.25, -0.2) is 19.4 Å². The van der Waals surface area contributed by atoms with Crippen molar-refractivity contribution in [2.45, 2.75) is 13.0 Å². The maximum atomic E-state index is 12.7. The molecule has 1 aromatic carbocycles. The Morgan fingerprint density at radius 1 is 1.06 bits per heavy atom. The molecule has 9 heteroatoms. The molecule has 0 fully saturated rings. The van der Waals surface area contributed by atoms with Crippen molar-refractivity contribution in [3.63, 3.8) is 0 Å². The minimum atomic E-state index is -0.733. The lowest BCUT2D eigenvalue weighted by Gasteiger charge is -2.29. The van der Waals surface area contributed by atoms with Gasteiger partial charge in [0.1, 0.15) is 12.4 Å². The summed E-state index contributed by atoms with van der Waals surface area (Å²) in [6.07, 6.45) is 1.41. The molecular weight excluding hydrogens is 400 g/mol. The fourth-order valence-corrected chi connectivity index (χ4v) is 3.07. The van der Waals surface area contributed by atoms with Gasteiger partial charge in [0.15, 0.2) is 0 Å². The summed E-state index contributed by atoms with van der Waals surface area (Å²) in [6, 6.07) is 11.1. The normalized spacial score (nSPS) is 15.6. The maximum Gasteiger partial charge on any atom is 0.340 e. The van der Waals surface area contributed by atoms with Gasteiger partial charge in [-0.2, -0.15) is 0 Å². The summed E-state index contributed by atoms with van der Waals surface area (Å²) in [7, 11) is 3.68. The van der Waals surface area contributed by atoms with Crippen molar-refractivity contribution in [1.29, 1.82) is 0 Å². The van der Waals surface area contributed by atoms with Crippen molar-refractivity contribution >= 4 is 23.8 Å². The molecule has 0 saturated heterocycles. The molecule has 1 aliphatic heterocycles. The number of pyridine rings is 1. The molecule has 1 aliphatic rings. The van der Waals surface area contributed by atoms with Crippen LogP contribution in [0, 0.1) is 0 Å². The van der Waals surface area contributed by atoms with Gasteiger partial charge in [-0.15, -0.1) is 0 Å². The van der Waals surface area contributed by atoms with Crippen molar-refractivity contribution in [1.82, 2.24) is 15.6 Å². The summed E-state index contributed by atoms with van der Waals surface area (Å²) < 4.78 is 10.5. The van der Waals surface area contributed by atoms with Gasteiger partial charge in [0.05, 0.1) is 29.5 Å². The molecule has 2 amide bonds. The van der Waals surface area contributed by atoms with Crippen LogP contribution in [0.5, 0.6) is 0 Å². The number of urea groups is 1. The number of carbonyl (C=O) groups is 3. The predicted octanol–water partition coefficient (Wildman–Crippen LogP) is 2.18. The number of anilines is 1. The Labute approximate surface area is 180 Å². The first-order valence-corrected chi connectivity index (χ1v) is 9.73. The highest BCUT2D eigenvalue weighted by atomic mass is 16.5. The Morgan fingerprint density at radius 3 is 2.42 bits per heavy atom. The van der Waals surface area contributed by atoms with E-state index < -0.39 is 24.0 Å². The summed E-state index contributed by atoms with van der Waals surface area (Å²) >= 11 is 0. The van der Waals surface area contributed by atoms with E-state index in [2.05, 4.69) is 15.6 Å². The first kappa shape index (κ1) is 21.8. The Bertz CT molecular complexity index is 987. The maximum absolute atomic E-state index is 12.7. The molecule has 9 nitrogen and oxygen atoms in total. The van der Waals surface area contributed by atoms with Crippen molar-refractivity contribution < 1.29 is 23.9 Å². The van der Waals surface area contributed by atoms with Crippen LogP contribution in [0.2, 0.25) is 0 Å². The van der Waals surface area contributed by atoms with Crippen LogP contribution >= 0.6 is 0 Å². The van der Waals surface area contributed by atoms with Gasteiger partial charge >= 0.3 is 18.0 Å². The number of carbonyl (C=O) groups excluding carboxylic acids is 3. The van der Waals surface area contributed by atoms with Gasteiger partial charge in [0, 0.05) is 20.3 Å². The van der Waals surface area contributed by atoms with Gasteiger partial charge in [0.25, 0.3) is 0 Å². The van der Waals surface area contributed by atoms with E-state index in [1.165, 1.54) is 6.20 Å². The fourth-order valence-electron chi connectivity index (χ4n) is 3.07. The minimum absolute atomic E-state index is 0.161. The third kappa shape index (κ3) is 5.19. The molecule has 0 bridgehead atoms. The van der Waals surface area contributed by atoms with Crippen LogP contribution in [-0.2, 0) is 14.3 Å². The summed E-state index contributed by atoms with van der Waals surface area (Å²) in [6.45, 7) is 1.54. The highest BCUT2D eigenvalue weighted by molar-refractivity contribution is 5.95. The van der Waals surface area contributed by atoms with E-state index in [1.54, 1.807) is 48.2 Å². The van der Waals surface area contributed by atoms with Crippen molar-refractivity contribution in [3.05, 3.63) is 71.1 Å². The van der Waals surface area contributed by atoms with Gasteiger partial charge in [-0.3, -0.25) is 0 Å². The van der Waals surface area contributed by atoms with Gasteiger partial charge in [-0.05, 0) is 24.6 Å². The molecular formula is C22H24N4O5. The second-order valence-corrected chi connectivity index (χ2v) is 6.93. The van der Waals surface area contributed by atoms with Crippen molar-refractivity contribution in [2.75, 3.05) is 32.2 Å². The van der Waals surface area contributed by atoms with Crippen LogP contribution < -0.4 is 15.5 Å². The molecule has 0 aliphatic carbocycles. The first-order chi connectivity index (χ1) is 14.9. The summed E-state index contributed by atoms with van der Waals surface area (Å²) in [4.78, 5) is 43.4. The van der Waals surface area contributed by atoms with E-state index >= 15 is 0 Å². The number of esters is 2. The number of hydrogen-bond donors (Lipinski definition) is 2. The lowest BCUT2D eigenvalue weighted by atomic mass is 9.95. The fraction of sp³-hybridized carbons (Fsp3) is 0.273. The Hall–Kier alpha value is -3.88. The van der Waals surface area contributed by atoms with Crippen LogP contribution in [0.1, 0.15) is 28.9 Å². The third-order valence-electron chi connectivity index (χ3n) is 4.57. The summed E-state index contributed by atoms with van der Waals surface area (Å²) in [5.41, 5.74) is 1.31. The van der Waals surface area contributed by atoms with E-state index in [0.717, 1.165) is 0 Å². The second-order valence-electron chi connectivity index (χ2n) is 6.93. The summed E-state index contributed by atoms with van der Waals surface area (Å²) in [5, 5.41) is 5.29. The smallest absolute Gasteiger partial charge is 0.340 e. The topological polar surface area (TPSA) is 110 Å². The first-order valence-electron chi connectivity index (χ1n) is 9.73. The molecule has 3 rings (SSSR count). The molecule has 0 spiro atoms. The number of amides is 2.